The second kappa shape index (κ2) is 10.8. The predicted octanol–water partition coefficient (Wildman–Crippen LogP) is 6.26. The number of imidazole rings is 1. The number of nitrogens with zero attached hydrogens (tertiary/aromatic N) is 4. The highest BCUT2D eigenvalue weighted by Crippen LogP contribution is 2.29. The van der Waals surface area contributed by atoms with Gasteiger partial charge in [-0.05, 0) is 74.4 Å². The minimum atomic E-state index is -0.133. The summed E-state index contributed by atoms with van der Waals surface area (Å²) in [5.74, 6) is 0.227. The first-order valence-electron chi connectivity index (χ1n) is 13.1. The lowest BCUT2D eigenvalue weighted by molar-refractivity contribution is 0.0919. The molecule has 7 nitrogen and oxygen atoms in total. The number of amides is 1. The molecule has 5 aromatic rings. The molecule has 2 aromatic carbocycles. The van der Waals surface area contributed by atoms with E-state index in [9.17, 15) is 9.59 Å². The van der Waals surface area contributed by atoms with Crippen LogP contribution in [0.25, 0.3) is 27.2 Å². The first-order chi connectivity index (χ1) is 19.0. The van der Waals surface area contributed by atoms with Gasteiger partial charge in [0.1, 0.15) is 0 Å². The molecule has 0 aliphatic heterocycles. The van der Waals surface area contributed by atoms with Crippen molar-refractivity contribution >= 4 is 39.9 Å². The molecule has 0 radical (unpaired) electrons. The minimum absolute atomic E-state index is 0.0268. The van der Waals surface area contributed by atoms with E-state index in [1.54, 1.807) is 28.2 Å². The fourth-order valence-corrected chi connectivity index (χ4v) is 6.30. The number of aryl methyl sites for hydroxylation is 1. The Balaban J connectivity index is 1.18. The van der Waals surface area contributed by atoms with E-state index in [4.69, 9.17) is 11.6 Å². The van der Waals surface area contributed by atoms with Crippen LogP contribution >= 0.6 is 22.9 Å². The second-order valence-corrected chi connectivity index (χ2v) is 11.4. The molecular formula is C30H28ClN5O2S. The zero-order chi connectivity index (χ0) is 26.9. The molecule has 1 N–H and O–H groups in total. The van der Waals surface area contributed by atoms with Crippen LogP contribution in [-0.4, -0.2) is 31.1 Å². The summed E-state index contributed by atoms with van der Waals surface area (Å²) < 4.78 is 3.72. The molecule has 0 spiro atoms. The van der Waals surface area contributed by atoms with Crippen LogP contribution in [0.3, 0.4) is 0 Å². The Morgan fingerprint density at radius 1 is 1.05 bits per heavy atom. The number of pyridine rings is 1. The van der Waals surface area contributed by atoms with Gasteiger partial charge in [0.15, 0.2) is 0 Å². The summed E-state index contributed by atoms with van der Waals surface area (Å²) in [5.41, 5.74) is 6.75. The molecule has 1 amide bonds. The van der Waals surface area contributed by atoms with Gasteiger partial charge in [0.05, 0.1) is 43.4 Å². The summed E-state index contributed by atoms with van der Waals surface area (Å²) in [6, 6.07) is 17.8. The summed E-state index contributed by atoms with van der Waals surface area (Å²) in [5, 5.41) is 3.61. The van der Waals surface area contributed by atoms with Crippen molar-refractivity contribution in [2.75, 3.05) is 0 Å². The van der Waals surface area contributed by atoms with Gasteiger partial charge in [-0.1, -0.05) is 35.9 Å². The lowest BCUT2D eigenvalue weighted by Crippen LogP contribution is -2.39. The summed E-state index contributed by atoms with van der Waals surface area (Å²) in [7, 11) is 0. The average Bonchev–Trinajstić information content (AvgIpc) is 3.58. The minimum Gasteiger partial charge on any atom is -0.349 e. The molecule has 0 unspecified atom stereocenters. The number of carbonyl (C=O) groups excluding carboxylic acids is 1. The first-order valence-corrected chi connectivity index (χ1v) is 14.4. The molecule has 9 heteroatoms. The normalized spacial score (nSPS) is 17.4. The maximum Gasteiger partial charge on any atom is 0.333 e. The molecule has 0 bridgehead atoms. The van der Waals surface area contributed by atoms with E-state index in [0.717, 1.165) is 52.8 Å². The maximum atomic E-state index is 13.7. The fourth-order valence-electron chi connectivity index (χ4n) is 5.52. The van der Waals surface area contributed by atoms with Gasteiger partial charge in [-0.2, -0.15) is 0 Å². The molecule has 1 fully saturated rings. The Bertz CT molecular complexity index is 1680. The van der Waals surface area contributed by atoms with Crippen LogP contribution in [0.15, 0.2) is 77.3 Å². The average molecular weight is 558 g/mol. The Labute approximate surface area is 235 Å². The van der Waals surface area contributed by atoms with E-state index in [0.29, 0.717) is 28.7 Å². The van der Waals surface area contributed by atoms with E-state index in [1.807, 2.05) is 71.7 Å². The molecule has 39 heavy (non-hydrogen) atoms. The van der Waals surface area contributed by atoms with Crippen LogP contribution in [0.4, 0.5) is 0 Å². The Morgan fingerprint density at radius 3 is 2.51 bits per heavy atom. The van der Waals surface area contributed by atoms with E-state index < -0.39 is 0 Å². The van der Waals surface area contributed by atoms with Gasteiger partial charge in [0.25, 0.3) is 5.91 Å². The fraction of sp³-hybridized carbons (Fsp3) is 0.267. The zero-order valence-electron chi connectivity index (χ0n) is 21.5. The lowest BCUT2D eigenvalue weighted by atomic mass is 9.85. The van der Waals surface area contributed by atoms with Crippen LogP contribution in [-0.2, 0) is 6.54 Å². The highest BCUT2D eigenvalue weighted by molar-refractivity contribution is 7.13. The number of nitrogens with one attached hydrogen (secondary N) is 1. The predicted molar refractivity (Wildman–Crippen MR) is 156 cm³/mol. The number of fused-ring (bicyclic) bond motifs is 1. The van der Waals surface area contributed by atoms with Crippen molar-refractivity contribution in [2.45, 2.75) is 45.2 Å². The number of carbonyl (C=O) groups is 1. The Kier molecular flexibility index (Phi) is 7.06. The van der Waals surface area contributed by atoms with Crippen molar-refractivity contribution in [3.05, 3.63) is 99.3 Å². The van der Waals surface area contributed by atoms with Gasteiger partial charge < -0.3 is 5.32 Å². The monoisotopic (exact) mass is 557 g/mol. The Hall–Kier alpha value is -3.75. The number of para-hydroxylation sites is 2. The molecular weight excluding hydrogens is 530 g/mol. The van der Waals surface area contributed by atoms with E-state index in [1.165, 1.54) is 0 Å². The summed E-state index contributed by atoms with van der Waals surface area (Å²) in [6.07, 6.45) is 7.02. The quantitative estimate of drug-likeness (QED) is 0.267. The summed E-state index contributed by atoms with van der Waals surface area (Å²) >= 11 is 7.64. The molecule has 1 saturated carbocycles. The highest BCUT2D eigenvalue weighted by Gasteiger charge is 2.25. The molecule has 3 heterocycles. The number of hydrogen-bond acceptors (Lipinski definition) is 5. The number of aromatic nitrogens is 4. The van der Waals surface area contributed by atoms with Gasteiger partial charge >= 0.3 is 5.69 Å². The topological polar surface area (TPSA) is 81.8 Å². The summed E-state index contributed by atoms with van der Waals surface area (Å²) in [6.45, 7) is 2.47. The Morgan fingerprint density at radius 2 is 1.79 bits per heavy atom. The van der Waals surface area contributed by atoms with Gasteiger partial charge in [-0.3, -0.25) is 23.9 Å². The molecule has 6 rings (SSSR count). The van der Waals surface area contributed by atoms with Crippen LogP contribution in [0.5, 0.6) is 0 Å². The highest BCUT2D eigenvalue weighted by atomic mass is 35.5. The molecule has 198 valence electrons. The van der Waals surface area contributed by atoms with Crippen molar-refractivity contribution in [1.29, 1.82) is 0 Å². The van der Waals surface area contributed by atoms with Crippen molar-refractivity contribution in [1.82, 2.24) is 24.4 Å². The zero-order valence-corrected chi connectivity index (χ0v) is 23.1. The van der Waals surface area contributed by atoms with Crippen molar-refractivity contribution in [2.24, 2.45) is 5.92 Å². The number of thiazole rings is 1. The van der Waals surface area contributed by atoms with Crippen molar-refractivity contribution in [3.8, 4) is 16.1 Å². The van der Waals surface area contributed by atoms with Crippen LogP contribution in [0.2, 0.25) is 5.02 Å². The smallest absolute Gasteiger partial charge is 0.333 e. The van der Waals surface area contributed by atoms with Crippen molar-refractivity contribution < 1.29 is 4.79 Å². The maximum absolute atomic E-state index is 13.7. The standard InChI is InChI=1S/C30H28ClN5O2S/c1-19-25(14-22(31)15-33-19)29(37)34-23-10-6-20(7-11-23)17-35-26-4-2-3-5-27(26)36(30(35)38)24-12-8-21(9-13-24)28-16-32-18-39-28/h2-5,8-9,12-16,18,20,23H,6-7,10-11,17H2,1H3,(H,34,37). The van der Waals surface area contributed by atoms with Crippen LogP contribution < -0.4 is 11.0 Å². The van der Waals surface area contributed by atoms with Crippen molar-refractivity contribution in [3.63, 3.8) is 0 Å². The summed E-state index contributed by atoms with van der Waals surface area (Å²) in [4.78, 5) is 36.0. The number of rotatable bonds is 6. The third kappa shape index (κ3) is 5.14. The molecule has 0 saturated heterocycles. The van der Waals surface area contributed by atoms with Crippen LogP contribution in [0.1, 0.15) is 41.7 Å². The molecule has 1 aliphatic rings. The van der Waals surface area contributed by atoms with Gasteiger partial charge in [0.2, 0.25) is 0 Å². The third-order valence-corrected chi connectivity index (χ3v) is 8.63. The number of halogens is 1. The van der Waals surface area contributed by atoms with Crippen LogP contribution in [0, 0.1) is 12.8 Å². The van der Waals surface area contributed by atoms with Gasteiger partial charge in [-0.15, -0.1) is 11.3 Å². The molecule has 3 aromatic heterocycles. The first kappa shape index (κ1) is 25.5. The van der Waals surface area contributed by atoms with Gasteiger partial charge in [-0.25, -0.2) is 4.79 Å². The van der Waals surface area contributed by atoms with Gasteiger partial charge in [0, 0.05) is 25.0 Å². The number of hydrogen-bond donors (Lipinski definition) is 1. The second-order valence-electron chi connectivity index (χ2n) is 10.1. The largest absolute Gasteiger partial charge is 0.349 e. The molecule has 0 atom stereocenters. The molecule has 1 aliphatic carbocycles. The lowest BCUT2D eigenvalue weighted by Gasteiger charge is -2.29. The third-order valence-electron chi connectivity index (χ3n) is 7.60. The SMILES string of the molecule is Cc1ncc(Cl)cc1C(=O)NC1CCC(Cn2c(=O)n(-c3ccc(-c4cncs4)cc3)c3ccccc32)CC1. The van der Waals surface area contributed by atoms with E-state index >= 15 is 0 Å². The van der Waals surface area contributed by atoms with E-state index in [-0.39, 0.29) is 17.6 Å². The van der Waals surface area contributed by atoms with E-state index in [2.05, 4.69) is 15.3 Å². The number of benzene rings is 2.